The molecule has 1 amide bonds. The van der Waals surface area contributed by atoms with Crippen LogP contribution in [0.5, 0.6) is 0 Å². The van der Waals surface area contributed by atoms with Crippen molar-refractivity contribution in [1.82, 2.24) is 15.5 Å². The Morgan fingerprint density at radius 3 is 2.81 bits per heavy atom. The van der Waals surface area contributed by atoms with Crippen molar-refractivity contribution in [3.8, 4) is 0 Å². The van der Waals surface area contributed by atoms with Crippen LogP contribution in [0.2, 0.25) is 0 Å². The highest BCUT2D eigenvalue weighted by Crippen LogP contribution is 2.23. The van der Waals surface area contributed by atoms with Gasteiger partial charge >= 0.3 is 0 Å². The van der Waals surface area contributed by atoms with Crippen molar-refractivity contribution in [3.63, 3.8) is 0 Å². The second kappa shape index (κ2) is 12.0. The number of hydrogen-bond donors (Lipinski definition) is 2. The summed E-state index contributed by atoms with van der Waals surface area (Å²) in [4.78, 5) is 14.4. The van der Waals surface area contributed by atoms with Crippen molar-refractivity contribution in [3.05, 3.63) is 35.9 Å². The molecule has 146 valence electrons. The Hall–Kier alpha value is -1.47. The first-order valence-corrected chi connectivity index (χ1v) is 9.51. The summed E-state index contributed by atoms with van der Waals surface area (Å²) in [7, 11) is 3.39. The molecular weight excluding hydrogens is 330 g/mol. The molecule has 0 aliphatic carbocycles. The smallest absolute Gasteiger partial charge is 0.220 e. The molecular formula is C20H33N3O3. The lowest BCUT2D eigenvalue weighted by Gasteiger charge is -2.24. The molecule has 26 heavy (non-hydrogen) atoms. The van der Waals surface area contributed by atoms with Crippen LogP contribution >= 0.6 is 0 Å². The van der Waals surface area contributed by atoms with Gasteiger partial charge in [-0.3, -0.25) is 4.79 Å². The maximum absolute atomic E-state index is 11.9. The Bertz CT molecular complexity index is 512. The number of likely N-dealkylation sites (tertiary alicyclic amines) is 1. The van der Waals surface area contributed by atoms with Gasteiger partial charge in [0.2, 0.25) is 5.91 Å². The molecule has 0 aromatic heterocycles. The minimum absolute atomic E-state index is 0.0981. The molecule has 1 aliphatic rings. The summed E-state index contributed by atoms with van der Waals surface area (Å²) >= 11 is 0. The lowest BCUT2D eigenvalue weighted by atomic mass is 9.95. The van der Waals surface area contributed by atoms with E-state index in [0.29, 0.717) is 32.3 Å². The molecule has 1 heterocycles. The quantitative estimate of drug-likeness (QED) is 0.547. The molecule has 6 heteroatoms. The van der Waals surface area contributed by atoms with Crippen molar-refractivity contribution in [2.75, 3.05) is 60.2 Å². The highest BCUT2D eigenvalue weighted by atomic mass is 16.5. The van der Waals surface area contributed by atoms with E-state index in [9.17, 15) is 4.79 Å². The largest absolute Gasteiger partial charge is 0.382 e. The summed E-state index contributed by atoms with van der Waals surface area (Å²) in [6.07, 6.45) is 1.67. The van der Waals surface area contributed by atoms with Crippen molar-refractivity contribution in [2.24, 2.45) is 0 Å². The maximum Gasteiger partial charge on any atom is 0.220 e. The number of nitrogens with one attached hydrogen (secondary N) is 2. The standard InChI is InChI=1S/C20H33N3O3/c1-21-20(24)14-18(17-6-4-3-5-7-17)15-23-10-8-19(16-23)22-9-11-26-13-12-25-2/h3-7,18-19,22H,8-16H2,1-2H3,(H,21,24)/t18-,19+/m1/s1. The van der Waals surface area contributed by atoms with Gasteiger partial charge in [-0.1, -0.05) is 30.3 Å². The first kappa shape index (κ1) is 20.8. The Morgan fingerprint density at radius 1 is 1.27 bits per heavy atom. The summed E-state index contributed by atoms with van der Waals surface area (Å²) in [6, 6.07) is 10.9. The van der Waals surface area contributed by atoms with E-state index in [1.807, 2.05) is 18.2 Å². The number of benzene rings is 1. The van der Waals surface area contributed by atoms with Gasteiger partial charge < -0.3 is 25.0 Å². The Morgan fingerprint density at radius 2 is 2.08 bits per heavy atom. The van der Waals surface area contributed by atoms with Gasteiger partial charge in [-0.25, -0.2) is 0 Å². The lowest BCUT2D eigenvalue weighted by molar-refractivity contribution is -0.121. The highest BCUT2D eigenvalue weighted by molar-refractivity contribution is 5.76. The molecule has 1 aromatic rings. The molecule has 2 atom stereocenters. The molecule has 6 nitrogen and oxygen atoms in total. The Balaban J connectivity index is 1.76. The zero-order chi connectivity index (χ0) is 18.6. The number of amides is 1. The van der Waals surface area contributed by atoms with Crippen LogP contribution in [0.25, 0.3) is 0 Å². The normalized spacial score (nSPS) is 18.8. The number of carbonyl (C=O) groups is 1. The third-order valence-electron chi connectivity index (χ3n) is 4.84. The van der Waals surface area contributed by atoms with Gasteiger partial charge in [0.1, 0.15) is 0 Å². The van der Waals surface area contributed by atoms with Crippen LogP contribution in [0.1, 0.15) is 24.3 Å². The number of hydrogen-bond acceptors (Lipinski definition) is 5. The topological polar surface area (TPSA) is 62.8 Å². The van der Waals surface area contributed by atoms with E-state index in [2.05, 4.69) is 27.7 Å². The molecule has 2 N–H and O–H groups in total. The molecule has 1 fully saturated rings. The third-order valence-corrected chi connectivity index (χ3v) is 4.84. The fraction of sp³-hybridized carbons (Fsp3) is 0.650. The molecule has 0 spiro atoms. The second-order valence-corrected chi connectivity index (χ2v) is 6.79. The van der Waals surface area contributed by atoms with Crippen LogP contribution in [-0.2, 0) is 14.3 Å². The Labute approximate surface area is 157 Å². The predicted molar refractivity (Wildman–Crippen MR) is 103 cm³/mol. The van der Waals surface area contributed by atoms with E-state index in [-0.39, 0.29) is 11.8 Å². The predicted octanol–water partition coefficient (Wildman–Crippen LogP) is 1.23. The summed E-state index contributed by atoms with van der Waals surface area (Å²) in [5, 5.41) is 6.32. The lowest BCUT2D eigenvalue weighted by Crippen LogP contribution is -2.36. The van der Waals surface area contributed by atoms with Crippen LogP contribution in [0, 0.1) is 0 Å². The number of carbonyl (C=O) groups excluding carboxylic acids is 1. The van der Waals surface area contributed by atoms with Crippen molar-refractivity contribution in [1.29, 1.82) is 0 Å². The summed E-state index contributed by atoms with van der Waals surface area (Å²) in [5.41, 5.74) is 1.24. The minimum Gasteiger partial charge on any atom is -0.382 e. The van der Waals surface area contributed by atoms with Crippen molar-refractivity contribution < 1.29 is 14.3 Å². The van der Waals surface area contributed by atoms with Crippen molar-refractivity contribution in [2.45, 2.75) is 24.8 Å². The molecule has 2 rings (SSSR count). The summed E-state index contributed by atoms with van der Waals surface area (Å²) in [6.45, 7) is 5.87. The Kier molecular flexibility index (Phi) is 9.63. The maximum atomic E-state index is 11.9. The van der Waals surface area contributed by atoms with Gasteiger partial charge in [-0.2, -0.15) is 0 Å². The summed E-state index contributed by atoms with van der Waals surface area (Å²) < 4.78 is 10.5. The fourth-order valence-electron chi connectivity index (χ4n) is 3.40. The molecule has 0 unspecified atom stereocenters. The second-order valence-electron chi connectivity index (χ2n) is 6.79. The molecule has 0 radical (unpaired) electrons. The minimum atomic E-state index is 0.0981. The van der Waals surface area contributed by atoms with Gasteiger partial charge in [-0.05, 0) is 18.5 Å². The van der Waals surface area contributed by atoms with E-state index in [1.165, 1.54) is 5.56 Å². The SMILES string of the molecule is CNC(=O)C[C@H](CN1CC[C@H](NCCOCCOC)C1)c1ccccc1. The average Bonchev–Trinajstić information content (AvgIpc) is 3.12. The summed E-state index contributed by atoms with van der Waals surface area (Å²) in [5.74, 6) is 0.327. The highest BCUT2D eigenvalue weighted by Gasteiger charge is 2.25. The van der Waals surface area contributed by atoms with Gasteiger partial charge in [0.25, 0.3) is 0 Å². The van der Waals surface area contributed by atoms with Gasteiger partial charge in [0.05, 0.1) is 19.8 Å². The fourth-order valence-corrected chi connectivity index (χ4v) is 3.40. The molecule has 1 aliphatic heterocycles. The number of rotatable bonds is 12. The van der Waals surface area contributed by atoms with Crippen LogP contribution in [0.4, 0.5) is 0 Å². The number of ether oxygens (including phenoxy) is 2. The van der Waals surface area contributed by atoms with Crippen molar-refractivity contribution >= 4 is 5.91 Å². The third kappa shape index (κ3) is 7.41. The van der Waals surface area contributed by atoms with Crippen LogP contribution < -0.4 is 10.6 Å². The number of nitrogens with zero attached hydrogens (tertiary/aromatic N) is 1. The van der Waals surface area contributed by atoms with E-state index in [4.69, 9.17) is 9.47 Å². The van der Waals surface area contributed by atoms with E-state index in [1.54, 1.807) is 14.2 Å². The average molecular weight is 364 g/mol. The van der Waals surface area contributed by atoms with Gasteiger partial charge in [-0.15, -0.1) is 0 Å². The molecule has 0 bridgehead atoms. The first-order valence-electron chi connectivity index (χ1n) is 9.51. The molecule has 1 aromatic carbocycles. The van der Waals surface area contributed by atoms with Crippen LogP contribution in [0.15, 0.2) is 30.3 Å². The monoisotopic (exact) mass is 363 g/mol. The van der Waals surface area contributed by atoms with Gasteiger partial charge in [0.15, 0.2) is 0 Å². The molecule has 0 saturated carbocycles. The van der Waals surface area contributed by atoms with E-state index in [0.717, 1.165) is 32.6 Å². The zero-order valence-electron chi connectivity index (χ0n) is 16.1. The van der Waals surface area contributed by atoms with E-state index >= 15 is 0 Å². The van der Waals surface area contributed by atoms with E-state index < -0.39 is 0 Å². The van der Waals surface area contributed by atoms with Crippen LogP contribution in [-0.4, -0.2) is 77.0 Å². The zero-order valence-corrected chi connectivity index (χ0v) is 16.1. The van der Waals surface area contributed by atoms with Gasteiger partial charge in [0, 0.05) is 52.2 Å². The number of methoxy groups -OCH3 is 1. The van der Waals surface area contributed by atoms with Crippen LogP contribution in [0.3, 0.4) is 0 Å². The molecule has 1 saturated heterocycles. The first-order chi connectivity index (χ1) is 12.7.